The number of hydrogen-bond donors (Lipinski definition) is 2. The standard InChI is InChI=1S/C26H41ClN4O3/c1-7-18(2)22(29-24(33)19-8-10-21(27)11-9-19)25(34)31-14-12-20(13-15-31)23(32)28-16-26(3,4)17-30(5)6/h8-11,18,20,22H,7,12-17H2,1-6H3,(H,28,32)(H,29,33). The van der Waals surface area contributed by atoms with Gasteiger partial charge in [-0.1, -0.05) is 45.7 Å². The molecular weight excluding hydrogens is 452 g/mol. The second-order valence-corrected chi connectivity index (χ2v) is 11.0. The van der Waals surface area contributed by atoms with Crippen molar-refractivity contribution in [1.82, 2.24) is 20.4 Å². The van der Waals surface area contributed by atoms with Gasteiger partial charge in [0.05, 0.1) is 0 Å². The van der Waals surface area contributed by atoms with E-state index in [0.29, 0.717) is 43.1 Å². The number of piperidine rings is 1. The first-order valence-corrected chi connectivity index (χ1v) is 12.6. The van der Waals surface area contributed by atoms with Crippen molar-refractivity contribution in [2.45, 2.75) is 53.0 Å². The number of nitrogens with zero attached hydrogens (tertiary/aromatic N) is 2. The fraction of sp³-hybridized carbons (Fsp3) is 0.654. The Hall–Kier alpha value is -2.12. The van der Waals surface area contributed by atoms with Crippen LogP contribution in [0.15, 0.2) is 24.3 Å². The number of hydrogen-bond acceptors (Lipinski definition) is 4. The van der Waals surface area contributed by atoms with E-state index >= 15 is 0 Å². The number of halogens is 1. The van der Waals surface area contributed by atoms with Crippen LogP contribution in [0.1, 0.15) is 57.3 Å². The fourth-order valence-corrected chi connectivity index (χ4v) is 4.58. The van der Waals surface area contributed by atoms with Crippen LogP contribution in [0.4, 0.5) is 0 Å². The van der Waals surface area contributed by atoms with Crippen molar-refractivity contribution in [3.8, 4) is 0 Å². The predicted molar refractivity (Wildman–Crippen MR) is 137 cm³/mol. The molecule has 190 valence electrons. The van der Waals surface area contributed by atoms with Gasteiger partial charge < -0.3 is 20.4 Å². The summed E-state index contributed by atoms with van der Waals surface area (Å²) in [6, 6.07) is 6.02. The predicted octanol–water partition coefficient (Wildman–Crippen LogP) is 3.43. The van der Waals surface area contributed by atoms with Crippen LogP contribution in [-0.2, 0) is 9.59 Å². The highest BCUT2D eigenvalue weighted by atomic mass is 35.5. The minimum absolute atomic E-state index is 0.0105. The molecule has 0 radical (unpaired) electrons. The quantitative estimate of drug-likeness (QED) is 0.524. The summed E-state index contributed by atoms with van der Waals surface area (Å²) in [4.78, 5) is 42.7. The zero-order valence-electron chi connectivity index (χ0n) is 21.5. The highest BCUT2D eigenvalue weighted by Crippen LogP contribution is 2.22. The first-order valence-electron chi connectivity index (χ1n) is 12.2. The number of nitrogens with one attached hydrogen (secondary N) is 2. The van der Waals surface area contributed by atoms with Crippen LogP contribution in [0.5, 0.6) is 0 Å². The summed E-state index contributed by atoms with van der Waals surface area (Å²) in [6.07, 6.45) is 2.02. The topological polar surface area (TPSA) is 81.8 Å². The Labute approximate surface area is 209 Å². The van der Waals surface area contributed by atoms with Gasteiger partial charge >= 0.3 is 0 Å². The highest BCUT2D eigenvalue weighted by Gasteiger charge is 2.34. The SMILES string of the molecule is CCC(C)C(NC(=O)c1ccc(Cl)cc1)C(=O)N1CCC(C(=O)NCC(C)(C)CN(C)C)CC1. The van der Waals surface area contributed by atoms with E-state index in [1.165, 1.54) is 0 Å². The van der Waals surface area contributed by atoms with Crippen LogP contribution in [0, 0.1) is 17.3 Å². The van der Waals surface area contributed by atoms with Gasteiger partial charge in [-0.2, -0.15) is 0 Å². The maximum absolute atomic E-state index is 13.3. The van der Waals surface area contributed by atoms with E-state index in [1.807, 2.05) is 27.9 Å². The molecule has 0 bridgehead atoms. The third kappa shape index (κ3) is 8.27. The van der Waals surface area contributed by atoms with Crippen molar-refractivity contribution in [2.24, 2.45) is 17.3 Å². The molecule has 1 saturated heterocycles. The molecule has 34 heavy (non-hydrogen) atoms. The maximum Gasteiger partial charge on any atom is 0.251 e. The van der Waals surface area contributed by atoms with Gasteiger partial charge in [-0.05, 0) is 62.5 Å². The normalized spacial score (nSPS) is 16.8. The molecule has 2 N–H and O–H groups in total. The third-order valence-electron chi connectivity index (χ3n) is 6.53. The van der Waals surface area contributed by atoms with Gasteiger partial charge in [0.15, 0.2) is 0 Å². The summed E-state index contributed by atoms with van der Waals surface area (Å²) in [7, 11) is 4.06. The molecule has 1 aromatic rings. The lowest BCUT2D eigenvalue weighted by molar-refractivity contribution is -0.138. The fourth-order valence-electron chi connectivity index (χ4n) is 4.45. The number of benzene rings is 1. The van der Waals surface area contributed by atoms with Crippen LogP contribution in [0.25, 0.3) is 0 Å². The molecule has 1 aliphatic rings. The summed E-state index contributed by atoms with van der Waals surface area (Å²) >= 11 is 5.92. The van der Waals surface area contributed by atoms with Gasteiger partial charge in [0.25, 0.3) is 5.91 Å². The van der Waals surface area contributed by atoms with Crippen molar-refractivity contribution in [2.75, 3.05) is 40.3 Å². The lowest BCUT2D eigenvalue weighted by Gasteiger charge is -2.36. The lowest BCUT2D eigenvalue weighted by Crippen LogP contribution is -2.54. The largest absolute Gasteiger partial charge is 0.355 e. The molecule has 0 aromatic heterocycles. The van der Waals surface area contributed by atoms with Gasteiger partial charge in [-0.25, -0.2) is 0 Å². The summed E-state index contributed by atoms with van der Waals surface area (Å²) in [5.74, 6) is -0.408. The first-order chi connectivity index (χ1) is 15.9. The Morgan fingerprint density at radius 2 is 1.74 bits per heavy atom. The molecule has 1 fully saturated rings. The number of carbonyl (C=O) groups excluding carboxylic acids is 3. The highest BCUT2D eigenvalue weighted by molar-refractivity contribution is 6.30. The molecule has 2 atom stereocenters. The third-order valence-corrected chi connectivity index (χ3v) is 6.79. The Morgan fingerprint density at radius 1 is 1.15 bits per heavy atom. The molecular formula is C26H41ClN4O3. The van der Waals surface area contributed by atoms with E-state index in [9.17, 15) is 14.4 Å². The molecule has 1 heterocycles. The summed E-state index contributed by atoms with van der Waals surface area (Å²) < 4.78 is 0. The van der Waals surface area contributed by atoms with Crippen LogP contribution in [0.2, 0.25) is 5.02 Å². The molecule has 0 aliphatic carbocycles. The minimum atomic E-state index is -0.606. The smallest absolute Gasteiger partial charge is 0.251 e. The van der Waals surface area contributed by atoms with Crippen LogP contribution >= 0.6 is 11.6 Å². The van der Waals surface area contributed by atoms with Crippen LogP contribution < -0.4 is 10.6 Å². The van der Waals surface area contributed by atoms with E-state index < -0.39 is 6.04 Å². The maximum atomic E-state index is 13.3. The van der Waals surface area contributed by atoms with E-state index in [4.69, 9.17) is 11.6 Å². The van der Waals surface area contributed by atoms with Crippen molar-refractivity contribution >= 4 is 29.3 Å². The second kappa shape index (κ2) is 12.5. The van der Waals surface area contributed by atoms with Crippen LogP contribution in [-0.4, -0.2) is 73.8 Å². The average Bonchev–Trinajstić information content (AvgIpc) is 2.79. The van der Waals surface area contributed by atoms with Crippen molar-refractivity contribution in [3.63, 3.8) is 0 Å². The molecule has 0 saturated carbocycles. The van der Waals surface area contributed by atoms with Crippen molar-refractivity contribution in [3.05, 3.63) is 34.9 Å². The number of amides is 3. The first kappa shape index (κ1) is 28.1. The molecule has 3 amide bonds. The summed E-state index contributed by atoms with van der Waals surface area (Å²) in [6.45, 7) is 10.8. The number of carbonyl (C=O) groups is 3. The molecule has 0 spiro atoms. The number of likely N-dealkylation sites (tertiary alicyclic amines) is 1. The van der Waals surface area contributed by atoms with Gasteiger partial charge in [0.1, 0.15) is 6.04 Å². The molecule has 8 heteroatoms. The number of rotatable bonds is 10. The van der Waals surface area contributed by atoms with E-state index in [2.05, 4.69) is 29.4 Å². The van der Waals surface area contributed by atoms with Crippen molar-refractivity contribution < 1.29 is 14.4 Å². The Balaban J connectivity index is 1.93. The Kier molecular flexibility index (Phi) is 10.4. The molecule has 2 rings (SSSR count). The van der Waals surface area contributed by atoms with Crippen molar-refractivity contribution in [1.29, 1.82) is 0 Å². The van der Waals surface area contributed by atoms with Crippen LogP contribution in [0.3, 0.4) is 0 Å². The average molecular weight is 493 g/mol. The minimum Gasteiger partial charge on any atom is -0.355 e. The molecule has 7 nitrogen and oxygen atoms in total. The van der Waals surface area contributed by atoms with Gasteiger partial charge in [0.2, 0.25) is 11.8 Å². The molecule has 2 unspecified atom stereocenters. The molecule has 1 aromatic carbocycles. The zero-order chi connectivity index (χ0) is 25.5. The van der Waals surface area contributed by atoms with Gasteiger partial charge in [-0.15, -0.1) is 0 Å². The van der Waals surface area contributed by atoms with E-state index in [-0.39, 0.29) is 35.0 Å². The monoisotopic (exact) mass is 492 g/mol. The summed E-state index contributed by atoms with van der Waals surface area (Å²) in [5.41, 5.74) is 0.458. The lowest BCUT2D eigenvalue weighted by atomic mass is 9.91. The second-order valence-electron chi connectivity index (χ2n) is 10.6. The van der Waals surface area contributed by atoms with E-state index in [1.54, 1.807) is 29.2 Å². The Morgan fingerprint density at radius 3 is 2.26 bits per heavy atom. The zero-order valence-corrected chi connectivity index (χ0v) is 22.2. The summed E-state index contributed by atoms with van der Waals surface area (Å²) in [5, 5.41) is 6.59. The Bertz CT molecular complexity index is 833. The van der Waals surface area contributed by atoms with Gasteiger partial charge in [-0.3, -0.25) is 14.4 Å². The van der Waals surface area contributed by atoms with Gasteiger partial charge in [0, 0.05) is 42.7 Å². The van der Waals surface area contributed by atoms with E-state index in [0.717, 1.165) is 13.0 Å². The molecule has 1 aliphatic heterocycles.